The summed E-state index contributed by atoms with van der Waals surface area (Å²) in [6.07, 6.45) is 1.43. The third-order valence-corrected chi connectivity index (χ3v) is 4.04. The number of rotatable bonds is 6. The van der Waals surface area contributed by atoms with Gasteiger partial charge < -0.3 is 4.90 Å². The molecule has 0 spiro atoms. The van der Waals surface area contributed by atoms with Crippen molar-refractivity contribution in [2.24, 2.45) is 5.92 Å². The summed E-state index contributed by atoms with van der Waals surface area (Å²) in [6, 6.07) is 0.286. The Morgan fingerprint density at radius 1 is 1.30 bits per heavy atom. The maximum Gasteiger partial charge on any atom is 0.227 e. The molecule has 1 atom stereocenters. The van der Waals surface area contributed by atoms with Crippen molar-refractivity contribution >= 4 is 5.91 Å². The second-order valence-corrected chi connectivity index (χ2v) is 6.16. The van der Waals surface area contributed by atoms with Crippen molar-refractivity contribution in [1.29, 1.82) is 0 Å². The number of likely N-dealkylation sites (N-methyl/N-ethyl adjacent to an activating group) is 1. The zero-order valence-corrected chi connectivity index (χ0v) is 14.0. The highest BCUT2D eigenvalue weighted by atomic mass is 16.2. The van der Waals surface area contributed by atoms with Gasteiger partial charge in [0.25, 0.3) is 0 Å². The molecular weight excluding hydrogens is 250 g/mol. The summed E-state index contributed by atoms with van der Waals surface area (Å²) < 4.78 is 2.03. The van der Waals surface area contributed by atoms with E-state index in [2.05, 4.69) is 39.7 Å². The molecule has 0 fully saturated rings. The number of hydrogen-bond donors (Lipinski definition) is 0. The van der Waals surface area contributed by atoms with Gasteiger partial charge in [0, 0.05) is 30.9 Å². The topological polar surface area (TPSA) is 38.1 Å². The zero-order chi connectivity index (χ0) is 15.4. The van der Waals surface area contributed by atoms with E-state index in [0.717, 1.165) is 29.9 Å². The van der Waals surface area contributed by atoms with Gasteiger partial charge in [-0.05, 0) is 33.1 Å². The van der Waals surface area contributed by atoms with Crippen LogP contribution in [0.3, 0.4) is 0 Å². The van der Waals surface area contributed by atoms with Crippen LogP contribution in [0.25, 0.3) is 0 Å². The number of amides is 1. The van der Waals surface area contributed by atoms with Gasteiger partial charge >= 0.3 is 0 Å². The van der Waals surface area contributed by atoms with Gasteiger partial charge in [-0.2, -0.15) is 5.10 Å². The number of aryl methyl sites for hydroxylation is 1. The summed E-state index contributed by atoms with van der Waals surface area (Å²) in [5, 5.41) is 4.57. The van der Waals surface area contributed by atoms with E-state index >= 15 is 0 Å². The first kappa shape index (κ1) is 16.7. The summed E-state index contributed by atoms with van der Waals surface area (Å²) in [7, 11) is 1.89. The summed E-state index contributed by atoms with van der Waals surface area (Å²) in [5.41, 5.74) is 3.20. The molecule has 0 N–H and O–H groups in total. The molecule has 0 aliphatic carbocycles. The highest BCUT2D eigenvalue weighted by Gasteiger charge is 2.19. The Labute approximate surface area is 123 Å². The van der Waals surface area contributed by atoms with Gasteiger partial charge in [-0.1, -0.05) is 20.8 Å². The minimum atomic E-state index is 0.176. The molecule has 1 unspecified atom stereocenters. The highest BCUT2D eigenvalue weighted by Crippen LogP contribution is 2.16. The number of aromatic nitrogens is 2. The summed E-state index contributed by atoms with van der Waals surface area (Å²) in [4.78, 5) is 14.2. The molecule has 114 valence electrons. The molecule has 1 rings (SSSR count). The van der Waals surface area contributed by atoms with Crippen LogP contribution in [0.1, 0.15) is 51.1 Å². The molecule has 20 heavy (non-hydrogen) atoms. The standard InChI is InChI=1S/C16H29N3O/c1-8-12(4)18(7)16(20)9-15-13(5)17-19(14(15)6)10-11(2)3/h11-12H,8-10H2,1-7H3. The monoisotopic (exact) mass is 279 g/mol. The fraction of sp³-hybridized carbons (Fsp3) is 0.750. The predicted octanol–water partition coefficient (Wildman–Crippen LogP) is 2.96. The van der Waals surface area contributed by atoms with Crippen LogP contribution in [0.4, 0.5) is 0 Å². The maximum absolute atomic E-state index is 12.3. The predicted molar refractivity (Wildman–Crippen MR) is 82.8 cm³/mol. The first-order chi connectivity index (χ1) is 9.27. The molecule has 4 nitrogen and oxygen atoms in total. The Morgan fingerprint density at radius 3 is 2.40 bits per heavy atom. The van der Waals surface area contributed by atoms with Crippen LogP contribution in [0.15, 0.2) is 0 Å². The van der Waals surface area contributed by atoms with Gasteiger partial charge in [0.2, 0.25) is 5.91 Å². The van der Waals surface area contributed by atoms with Crippen LogP contribution in [0.2, 0.25) is 0 Å². The van der Waals surface area contributed by atoms with Gasteiger partial charge in [-0.3, -0.25) is 9.48 Å². The molecule has 0 aliphatic rings. The molecule has 1 amide bonds. The lowest BCUT2D eigenvalue weighted by atomic mass is 10.1. The molecule has 0 aliphatic heterocycles. The third kappa shape index (κ3) is 3.84. The van der Waals surface area contributed by atoms with E-state index in [1.165, 1.54) is 0 Å². The molecule has 0 bridgehead atoms. The average Bonchev–Trinajstić information content (AvgIpc) is 2.63. The van der Waals surface area contributed by atoms with Crippen molar-refractivity contribution < 1.29 is 4.79 Å². The molecule has 0 saturated carbocycles. The second kappa shape index (κ2) is 6.91. The fourth-order valence-corrected chi connectivity index (χ4v) is 2.31. The van der Waals surface area contributed by atoms with Crippen LogP contribution in [0.5, 0.6) is 0 Å². The molecule has 1 aromatic heterocycles. The Bertz CT molecular complexity index is 463. The van der Waals surface area contributed by atoms with Crippen molar-refractivity contribution in [3.8, 4) is 0 Å². The molecule has 0 saturated heterocycles. The molecule has 0 radical (unpaired) electrons. The average molecular weight is 279 g/mol. The highest BCUT2D eigenvalue weighted by molar-refractivity contribution is 5.79. The number of carbonyl (C=O) groups is 1. The van der Waals surface area contributed by atoms with Crippen molar-refractivity contribution in [2.75, 3.05) is 7.05 Å². The summed E-state index contributed by atoms with van der Waals surface area (Å²) in [5.74, 6) is 0.731. The Hall–Kier alpha value is -1.32. The van der Waals surface area contributed by atoms with E-state index in [4.69, 9.17) is 0 Å². The Morgan fingerprint density at radius 2 is 1.90 bits per heavy atom. The molecule has 4 heteroatoms. The van der Waals surface area contributed by atoms with Crippen molar-refractivity contribution in [3.05, 3.63) is 17.0 Å². The fourth-order valence-electron chi connectivity index (χ4n) is 2.31. The van der Waals surface area contributed by atoms with Gasteiger partial charge in [-0.15, -0.1) is 0 Å². The van der Waals surface area contributed by atoms with E-state index in [-0.39, 0.29) is 11.9 Å². The van der Waals surface area contributed by atoms with E-state index in [9.17, 15) is 4.79 Å². The Balaban J connectivity index is 2.87. The quantitative estimate of drug-likeness (QED) is 0.803. The van der Waals surface area contributed by atoms with E-state index in [1.54, 1.807) is 0 Å². The minimum absolute atomic E-state index is 0.176. The van der Waals surface area contributed by atoms with Gasteiger partial charge in [0.15, 0.2) is 0 Å². The lowest BCUT2D eigenvalue weighted by molar-refractivity contribution is -0.131. The van der Waals surface area contributed by atoms with Crippen LogP contribution in [-0.2, 0) is 17.8 Å². The Kier molecular flexibility index (Phi) is 5.78. The van der Waals surface area contributed by atoms with Crippen molar-refractivity contribution in [1.82, 2.24) is 14.7 Å². The van der Waals surface area contributed by atoms with E-state index in [1.807, 2.05) is 23.6 Å². The number of nitrogens with zero attached hydrogens (tertiary/aromatic N) is 3. The van der Waals surface area contributed by atoms with Crippen LogP contribution in [0, 0.1) is 19.8 Å². The van der Waals surface area contributed by atoms with Crippen LogP contribution >= 0.6 is 0 Å². The second-order valence-electron chi connectivity index (χ2n) is 6.16. The largest absolute Gasteiger partial charge is 0.343 e. The van der Waals surface area contributed by atoms with Crippen molar-refractivity contribution in [3.63, 3.8) is 0 Å². The van der Waals surface area contributed by atoms with Crippen LogP contribution in [-0.4, -0.2) is 33.7 Å². The van der Waals surface area contributed by atoms with Gasteiger partial charge in [-0.25, -0.2) is 0 Å². The smallest absolute Gasteiger partial charge is 0.227 e. The molecular formula is C16H29N3O. The van der Waals surface area contributed by atoms with Crippen LogP contribution < -0.4 is 0 Å². The van der Waals surface area contributed by atoms with Gasteiger partial charge in [0.1, 0.15) is 0 Å². The zero-order valence-electron chi connectivity index (χ0n) is 14.0. The van der Waals surface area contributed by atoms with E-state index < -0.39 is 0 Å². The molecule has 0 aromatic carbocycles. The minimum Gasteiger partial charge on any atom is -0.343 e. The normalized spacial score (nSPS) is 12.8. The molecule has 1 heterocycles. The maximum atomic E-state index is 12.3. The summed E-state index contributed by atoms with van der Waals surface area (Å²) >= 11 is 0. The van der Waals surface area contributed by atoms with E-state index in [0.29, 0.717) is 12.3 Å². The van der Waals surface area contributed by atoms with Crippen molar-refractivity contribution in [2.45, 2.75) is 67.0 Å². The first-order valence-electron chi connectivity index (χ1n) is 7.56. The molecule has 1 aromatic rings. The number of carbonyl (C=O) groups excluding carboxylic acids is 1. The third-order valence-electron chi connectivity index (χ3n) is 4.04. The first-order valence-corrected chi connectivity index (χ1v) is 7.56. The number of hydrogen-bond acceptors (Lipinski definition) is 2. The van der Waals surface area contributed by atoms with Gasteiger partial charge in [0.05, 0.1) is 12.1 Å². The lowest BCUT2D eigenvalue weighted by Crippen LogP contribution is -2.35. The SMILES string of the molecule is CCC(C)N(C)C(=O)Cc1c(C)nn(CC(C)C)c1C. The summed E-state index contributed by atoms with van der Waals surface area (Å²) in [6.45, 7) is 13.5. The lowest BCUT2D eigenvalue weighted by Gasteiger charge is -2.24.